The molecule has 2 aromatic carbocycles. The molecule has 2 nitrogen and oxygen atoms in total. The molecular weight excluding hydrogens is 289 g/mol. The van der Waals surface area contributed by atoms with Crippen LogP contribution in [0.1, 0.15) is 15.9 Å². The van der Waals surface area contributed by atoms with Crippen LogP contribution >= 0.6 is 11.6 Å². The molecule has 0 fully saturated rings. The molecule has 104 valence electrons. The van der Waals surface area contributed by atoms with Gasteiger partial charge in [0.05, 0.1) is 10.5 Å². The summed E-state index contributed by atoms with van der Waals surface area (Å²) in [5.41, 5.74) is 1.58. The number of fused-ring (bicyclic) bond motifs is 1. The van der Waals surface area contributed by atoms with Crippen LogP contribution in [0.5, 0.6) is 0 Å². The molecule has 1 aromatic heterocycles. The van der Waals surface area contributed by atoms with E-state index in [1.807, 2.05) is 24.3 Å². The number of carbonyl (C=O) groups is 1. The highest BCUT2D eigenvalue weighted by molar-refractivity contribution is 6.30. The lowest BCUT2D eigenvalue weighted by Gasteiger charge is -2.05. The van der Waals surface area contributed by atoms with Crippen LogP contribution in [0.15, 0.2) is 54.7 Å². The van der Waals surface area contributed by atoms with Crippen LogP contribution in [0.3, 0.4) is 0 Å². The number of pyridine rings is 1. The van der Waals surface area contributed by atoms with Crippen LogP contribution in [0.25, 0.3) is 10.9 Å². The van der Waals surface area contributed by atoms with Gasteiger partial charge in [-0.15, -0.1) is 0 Å². The Kier molecular flexibility index (Phi) is 3.67. The van der Waals surface area contributed by atoms with Gasteiger partial charge in [0.25, 0.3) is 0 Å². The van der Waals surface area contributed by atoms with E-state index < -0.39 is 5.82 Å². The summed E-state index contributed by atoms with van der Waals surface area (Å²) in [6.07, 6.45) is 1.49. The van der Waals surface area contributed by atoms with Crippen LogP contribution in [-0.2, 0) is 6.42 Å². The Balaban J connectivity index is 1.91. The van der Waals surface area contributed by atoms with Crippen molar-refractivity contribution < 1.29 is 9.18 Å². The standard InChI is InChI=1S/C17H11ClFNO/c18-14-6-3-5-12(17(14)19)9-16(21)13-8-11-4-1-2-7-15(11)20-10-13/h1-8,10H,9H2. The third-order valence-electron chi connectivity index (χ3n) is 3.30. The first-order valence-corrected chi connectivity index (χ1v) is 6.84. The molecule has 0 saturated heterocycles. The summed E-state index contributed by atoms with van der Waals surface area (Å²) in [7, 11) is 0. The van der Waals surface area contributed by atoms with E-state index in [0.717, 1.165) is 10.9 Å². The molecule has 4 heteroatoms. The number of aromatic nitrogens is 1. The van der Waals surface area contributed by atoms with Gasteiger partial charge in [-0.1, -0.05) is 41.9 Å². The minimum absolute atomic E-state index is 0.0249. The molecule has 0 aliphatic heterocycles. The van der Waals surface area contributed by atoms with E-state index in [0.29, 0.717) is 11.1 Å². The Bertz CT molecular complexity index is 832. The molecule has 3 rings (SSSR count). The van der Waals surface area contributed by atoms with E-state index in [9.17, 15) is 9.18 Å². The Morgan fingerprint density at radius 2 is 1.95 bits per heavy atom. The van der Waals surface area contributed by atoms with Crippen molar-refractivity contribution in [3.05, 3.63) is 76.7 Å². The number of carbonyl (C=O) groups excluding carboxylic acids is 1. The van der Waals surface area contributed by atoms with Gasteiger partial charge >= 0.3 is 0 Å². The predicted molar refractivity (Wildman–Crippen MR) is 81.2 cm³/mol. The molecular formula is C17H11ClFNO. The van der Waals surface area contributed by atoms with Crippen molar-refractivity contribution in [1.82, 2.24) is 4.98 Å². The predicted octanol–water partition coefficient (Wildman–Crippen LogP) is 4.45. The van der Waals surface area contributed by atoms with Gasteiger partial charge in [-0.25, -0.2) is 4.39 Å². The van der Waals surface area contributed by atoms with Crippen molar-refractivity contribution >= 4 is 28.3 Å². The second-order valence-corrected chi connectivity index (χ2v) is 5.14. The number of halogens is 2. The third kappa shape index (κ3) is 2.78. The molecule has 21 heavy (non-hydrogen) atoms. The van der Waals surface area contributed by atoms with E-state index in [1.54, 1.807) is 18.2 Å². The zero-order chi connectivity index (χ0) is 14.8. The van der Waals surface area contributed by atoms with Crippen LogP contribution in [0.4, 0.5) is 4.39 Å². The van der Waals surface area contributed by atoms with E-state index >= 15 is 0 Å². The van der Waals surface area contributed by atoms with E-state index in [1.165, 1.54) is 12.3 Å². The molecule has 0 aliphatic rings. The van der Waals surface area contributed by atoms with Crippen molar-refractivity contribution in [1.29, 1.82) is 0 Å². The van der Waals surface area contributed by atoms with Gasteiger partial charge in [0.2, 0.25) is 0 Å². The third-order valence-corrected chi connectivity index (χ3v) is 3.59. The zero-order valence-electron chi connectivity index (χ0n) is 11.0. The lowest BCUT2D eigenvalue weighted by Crippen LogP contribution is -2.06. The maximum Gasteiger partial charge on any atom is 0.168 e. The number of hydrogen-bond donors (Lipinski definition) is 0. The van der Waals surface area contributed by atoms with Gasteiger partial charge in [0, 0.05) is 23.6 Å². The molecule has 3 aromatic rings. The molecule has 0 saturated carbocycles. The summed E-state index contributed by atoms with van der Waals surface area (Å²) >= 11 is 5.72. The maximum atomic E-state index is 13.8. The van der Waals surface area contributed by atoms with E-state index in [-0.39, 0.29) is 17.2 Å². The normalized spacial score (nSPS) is 10.8. The first-order chi connectivity index (χ1) is 10.1. The van der Waals surface area contributed by atoms with Gasteiger partial charge in [-0.2, -0.15) is 0 Å². The smallest absolute Gasteiger partial charge is 0.168 e. The number of rotatable bonds is 3. The number of ketones is 1. The molecule has 1 heterocycles. The molecule has 0 N–H and O–H groups in total. The largest absolute Gasteiger partial charge is 0.294 e. The minimum Gasteiger partial charge on any atom is -0.294 e. The molecule has 0 atom stereocenters. The van der Waals surface area contributed by atoms with Crippen molar-refractivity contribution in [3.63, 3.8) is 0 Å². The van der Waals surface area contributed by atoms with Crippen molar-refractivity contribution in [2.75, 3.05) is 0 Å². The van der Waals surface area contributed by atoms with Crippen molar-refractivity contribution in [2.24, 2.45) is 0 Å². The van der Waals surface area contributed by atoms with Crippen molar-refractivity contribution in [2.45, 2.75) is 6.42 Å². The first-order valence-electron chi connectivity index (χ1n) is 6.46. The fourth-order valence-electron chi connectivity index (χ4n) is 2.18. The Morgan fingerprint density at radius 3 is 2.81 bits per heavy atom. The second kappa shape index (κ2) is 5.62. The van der Waals surface area contributed by atoms with Gasteiger partial charge in [-0.3, -0.25) is 9.78 Å². The summed E-state index contributed by atoms with van der Waals surface area (Å²) in [5, 5.41) is 0.909. The van der Waals surface area contributed by atoms with Crippen LogP contribution in [0, 0.1) is 5.82 Å². The number of para-hydroxylation sites is 1. The Hall–Kier alpha value is -2.26. The fourth-order valence-corrected chi connectivity index (χ4v) is 2.38. The highest BCUT2D eigenvalue weighted by atomic mass is 35.5. The van der Waals surface area contributed by atoms with Gasteiger partial charge in [0.15, 0.2) is 5.78 Å². The average Bonchev–Trinajstić information content (AvgIpc) is 2.51. The lowest BCUT2D eigenvalue weighted by atomic mass is 10.0. The fraction of sp³-hybridized carbons (Fsp3) is 0.0588. The highest BCUT2D eigenvalue weighted by Crippen LogP contribution is 2.20. The van der Waals surface area contributed by atoms with Crippen LogP contribution < -0.4 is 0 Å². The van der Waals surface area contributed by atoms with Gasteiger partial charge in [0.1, 0.15) is 5.82 Å². The van der Waals surface area contributed by atoms with Gasteiger partial charge in [-0.05, 0) is 23.8 Å². The zero-order valence-corrected chi connectivity index (χ0v) is 11.8. The minimum atomic E-state index is -0.540. The number of Topliss-reactive ketones (excluding diaryl/α,β-unsaturated/α-hetero) is 1. The molecule has 0 spiro atoms. The maximum absolute atomic E-state index is 13.8. The van der Waals surface area contributed by atoms with Gasteiger partial charge < -0.3 is 0 Å². The number of nitrogens with zero attached hydrogens (tertiary/aromatic N) is 1. The Morgan fingerprint density at radius 1 is 1.14 bits per heavy atom. The highest BCUT2D eigenvalue weighted by Gasteiger charge is 2.13. The summed E-state index contributed by atoms with van der Waals surface area (Å²) < 4.78 is 13.8. The monoisotopic (exact) mass is 299 g/mol. The molecule has 0 bridgehead atoms. The lowest BCUT2D eigenvalue weighted by molar-refractivity contribution is 0.0991. The molecule has 0 unspecified atom stereocenters. The SMILES string of the molecule is O=C(Cc1cccc(Cl)c1F)c1cnc2ccccc2c1. The number of hydrogen-bond acceptors (Lipinski definition) is 2. The molecule has 0 radical (unpaired) electrons. The topological polar surface area (TPSA) is 30.0 Å². The Labute approximate surface area is 126 Å². The van der Waals surface area contributed by atoms with Crippen LogP contribution in [0.2, 0.25) is 5.02 Å². The summed E-state index contributed by atoms with van der Waals surface area (Å²) in [6, 6.07) is 14.0. The second-order valence-electron chi connectivity index (χ2n) is 4.73. The summed E-state index contributed by atoms with van der Waals surface area (Å²) in [6.45, 7) is 0. The van der Waals surface area contributed by atoms with Crippen LogP contribution in [-0.4, -0.2) is 10.8 Å². The van der Waals surface area contributed by atoms with E-state index in [2.05, 4.69) is 4.98 Å². The average molecular weight is 300 g/mol. The summed E-state index contributed by atoms with van der Waals surface area (Å²) in [4.78, 5) is 16.5. The number of benzene rings is 2. The molecule has 0 aliphatic carbocycles. The molecule has 0 amide bonds. The van der Waals surface area contributed by atoms with E-state index in [4.69, 9.17) is 11.6 Å². The first kappa shape index (κ1) is 13.7. The summed E-state index contributed by atoms with van der Waals surface area (Å²) in [5.74, 6) is -0.726. The quantitative estimate of drug-likeness (QED) is 0.669. The van der Waals surface area contributed by atoms with Crippen molar-refractivity contribution in [3.8, 4) is 0 Å².